The molecule has 4 nitrogen and oxygen atoms in total. The molecule has 0 saturated heterocycles. The first-order chi connectivity index (χ1) is 8.63. The Labute approximate surface area is 105 Å². The molecular weight excluding hydrogens is 233 g/mol. The van der Waals surface area contributed by atoms with Crippen LogP contribution < -0.4 is 4.90 Å². The molecule has 0 aliphatic rings. The number of para-hydroxylation sites is 1. The van der Waals surface area contributed by atoms with Gasteiger partial charge in [-0.2, -0.15) is 0 Å². The van der Waals surface area contributed by atoms with Crippen molar-refractivity contribution in [3.63, 3.8) is 0 Å². The molecule has 1 N–H and O–H groups in total. The average molecular weight is 247 g/mol. The number of benzene rings is 1. The van der Waals surface area contributed by atoms with Gasteiger partial charge < -0.3 is 10.0 Å². The Morgan fingerprint density at radius 2 is 2.06 bits per heavy atom. The third-order valence-corrected chi connectivity index (χ3v) is 2.66. The Morgan fingerprint density at radius 3 is 2.72 bits per heavy atom. The molecular formula is C13H14FN3O. The summed E-state index contributed by atoms with van der Waals surface area (Å²) in [7, 11) is 1.71. The summed E-state index contributed by atoms with van der Waals surface area (Å²) in [4.78, 5) is 9.87. The number of aliphatic hydroxyl groups excluding tert-OH is 1. The maximum atomic E-state index is 13.7. The van der Waals surface area contributed by atoms with E-state index in [0.717, 1.165) is 0 Å². The smallest absolute Gasteiger partial charge is 0.146 e. The van der Waals surface area contributed by atoms with Crippen molar-refractivity contribution in [1.29, 1.82) is 0 Å². The van der Waals surface area contributed by atoms with Crippen molar-refractivity contribution in [1.82, 2.24) is 9.97 Å². The van der Waals surface area contributed by atoms with Crippen molar-refractivity contribution < 1.29 is 9.50 Å². The van der Waals surface area contributed by atoms with Gasteiger partial charge in [-0.15, -0.1) is 0 Å². The van der Waals surface area contributed by atoms with Crippen LogP contribution in [0.2, 0.25) is 0 Å². The van der Waals surface area contributed by atoms with Crippen LogP contribution in [0, 0.1) is 12.7 Å². The molecule has 1 heterocycles. The number of hydrogen-bond acceptors (Lipinski definition) is 4. The summed E-state index contributed by atoms with van der Waals surface area (Å²) >= 11 is 0. The van der Waals surface area contributed by atoms with E-state index in [1.807, 2.05) is 0 Å². The third kappa shape index (κ3) is 2.31. The molecule has 0 fully saturated rings. The van der Waals surface area contributed by atoms with Crippen LogP contribution >= 0.6 is 0 Å². The Hall–Kier alpha value is -2.01. The Balaban J connectivity index is 2.48. The van der Waals surface area contributed by atoms with E-state index < -0.39 is 0 Å². The lowest BCUT2D eigenvalue weighted by Crippen LogP contribution is -2.16. The molecule has 0 aliphatic heterocycles. The number of aromatic nitrogens is 2. The van der Waals surface area contributed by atoms with Gasteiger partial charge in [0.05, 0.1) is 12.3 Å². The lowest BCUT2D eigenvalue weighted by Gasteiger charge is -2.21. The predicted octanol–water partition coefficient (Wildman–Crippen LogP) is 2.18. The van der Waals surface area contributed by atoms with Gasteiger partial charge in [0.2, 0.25) is 0 Å². The van der Waals surface area contributed by atoms with Crippen LogP contribution in [0.1, 0.15) is 11.4 Å². The number of nitrogens with zero attached hydrogens (tertiary/aromatic N) is 3. The van der Waals surface area contributed by atoms with Gasteiger partial charge in [0, 0.05) is 18.8 Å². The lowest BCUT2D eigenvalue weighted by molar-refractivity contribution is 0.281. The van der Waals surface area contributed by atoms with Crippen molar-refractivity contribution in [2.45, 2.75) is 13.5 Å². The molecule has 94 valence electrons. The normalized spacial score (nSPS) is 10.4. The number of hydrogen-bond donors (Lipinski definition) is 1. The van der Waals surface area contributed by atoms with E-state index in [1.165, 1.54) is 6.07 Å². The quantitative estimate of drug-likeness (QED) is 0.903. The standard InChI is InChI=1S/C13H14FN3O/c1-9-15-7-10(8-18)13(16-9)17(2)12-6-4-3-5-11(12)14/h3-7,18H,8H2,1-2H3. The van der Waals surface area contributed by atoms with Gasteiger partial charge in [0.1, 0.15) is 17.5 Å². The molecule has 0 radical (unpaired) electrons. The molecule has 5 heteroatoms. The molecule has 0 bridgehead atoms. The maximum absolute atomic E-state index is 13.7. The minimum absolute atomic E-state index is 0.186. The number of aliphatic hydroxyl groups is 1. The highest BCUT2D eigenvalue weighted by Gasteiger charge is 2.14. The summed E-state index contributed by atoms with van der Waals surface area (Å²) in [5, 5.41) is 9.27. The Kier molecular flexibility index (Phi) is 3.53. The second-order valence-corrected chi connectivity index (χ2v) is 3.93. The highest BCUT2D eigenvalue weighted by Crippen LogP contribution is 2.26. The van der Waals surface area contributed by atoms with Crippen LogP contribution in [0.15, 0.2) is 30.5 Å². The first-order valence-electron chi connectivity index (χ1n) is 5.55. The molecule has 0 spiro atoms. The number of rotatable bonds is 3. The summed E-state index contributed by atoms with van der Waals surface area (Å²) in [5.41, 5.74) is 0.969. The van der Waals surface area contributed by atoms with E-state index in [1.54, 1.807) is 43.3 Å². The highest BCUT2D eigenvalue weighted by molar-refractivity contribution is 5.62. The van der Waals surface area contributed by atoms with Gasteiger partial charge in [0.25, 0.3) is 0 Å². The first-order valence-corrected chi connectivity index (χ1v) is 5.55. The summed E-state index contributed by atoms with van der Waals surface area (Å²) in [6.45, 7) is 1.56. The van der Waals surface area contributed by atoms with E-state index in [2.05, 4.69) is 9.97 Å². The molecule has 1 aromatic heterocycles. The van der Waals surface area contributed by atoms with Crippen LogP contribution in [-0.2, 0) is 6.61 Å². The molecule has 0 unspecified atom stereocenters. The van der Waals surface area contributed by atoms with Crippen LogP contribution in [0.3, 0.4) is 0 Å². The molecule has 0 aliphatic carbocycles. The van der Waals surface area contributed by atoms with E-state index in [0.29, 0.717) is 22.9 Å². The second kappa shape index (κ2) is 5.10. The summed E-state index contributed by atoms with van der Waals surface area (Å²) in [6.07, 6.45) is 1.55. The Bertz CT molecular complexity index is 560. The summed E-state index contributed by atoms with van der Waals surface area (Å²) < 4.78 is 13.7. The third-order valence-electron chi connectivity index (χ3n) is 2.66. The molecule has 0 atom stereocenters. The van der Waals surface area contributed by atoms with Crippen molar-refractivity contribution in [2.75, 3.05) is 11.9 Å². The first kappa shape index (κ1) is 12.4. The fourth-order valence-electron chi connectivity index (χ4n) is 1.72. The minimum atomic E-state index is -0.333. The molecule has 0 saturated carbocycles. The highest BCUT2D eigenvalue weighted by atomic mass is 19.1. The zero-order valence-corrected chi connectivity index (χ0v) is 10.3. The maximum Gasteiger partial charge on any atom is 0.146 e. The SMILES string of the molecule is Cc1ncc(CO)c(N(C)c2ccccc2F)n1. The van der Waals surface area contributed by atoms with Gasteiger partial charge in [-0.1, -0.05) is 12.1 Å². The number of anilines is 2. The Morgan fingerprint density at radius 1 is 1.33 bits per heavy atom. The van der Waals surface area contributed by atoms with Gasteiger partial charge in [0.15, 0.2) is 0 Å². The van der Waals surface area contributed by atoms with Crippen LogP contribution in [0.4, 0.5) is 15.9 Å². The number of halogens is 1. The van der Waals surface area contributed by atoms with E-state index in [-0.39, 0.29) is 12.4 Å². The molecule has 2 aromatic rings. The second-order valence-electron chi connectivity index (χ2n) is 3.93. The molecule has 0 amide bonds. The minimum Gasteiger partial charge on any atom is -0.391 e. The zero-order valence-electron chi connectivity index (χ0n) is 10.3. The predicted molar refractivity (Wildman–Crippen MR) is 67.2 cm³/mol. The van der Waals surface area contributed by atoms with E-state index in [9.17, 15) is 9.50 Å². The van der Waals surface area contributed by atoms with Gasteiger partial charge in [-0.25, -0.2) is 14.4 Å². The van der Waals surface area contributed by atoms with Crippen LogP contribution in [0.25, 0.3) is 0 Å². The lowest BCUT2D eigenvalue weighted by atomic mass is 10.2. The summed E-state index contributed by atoms with van der Waals surface area (Å²) in [5.74, 6) is 0.751. The average Bonchev–Trinajstić information content (AvgIpc) is 2.38. The zero-order chi connectivity index (χ0) is 13.1. The fourth-order valence-corrected chi connectivity index (χ4v) is 1.72. The van der Waals surface area contributed by atoms with Crippen molar-refractivity contribution in [3.05, 3.63) is 47.7 Å². The largest absolute Gasteiger partial charge is 0.391 e. The van der Waals surface area contributed by atoms with E-state index in [4.69, 9.17) is 0 Å². The van der Waals surface area contributed by atoms with Crippen molar-refractivity contribution in [3.8, 4) is 0 Å². The fraction of sp³-hybridized carbons (Fsp3) is 0.231. The van der Waals surface area contributed by atoms with E-state index >= 15 is 0 Å². The van der Waals surface area contributed by atoms with Crippen molar-refractivity contribution in [2.24, 2.45) is 0 Å². The molecule has 1 aromatic carbocycles. The van der Waals surface area contributed by atoms with Gasteiger partial charge >= 0.3 is 0 Å². The van der Waals surface area contributed by atoms with Crippen LogP contribution in [0.5, 0.6) is 0 Å². The molecule has 18 heavy (non-hydrogen) atoms. The number of aryl methyl sites for hydroxylation is 1. The monoisotopic (exact) mass is 247 g/mol. The summed E-state index contributed by atoms with van der Waals surface area (Å²) in [6, 6.07) is 6.43. The van der Waals surface area contributed by atoms with Gasteiger partial charge in [-0.05, 0) is 19.1 Å². The topological polar surface area (TPSA) is 49.3 Å². The van der Waals surface area contributed by atoms with Crippen LogP contribution in [-0.4, -0.2) is 22.1 Å². The molecule has 2 rings (SSSR count). The van der Waals surface area contributed by atoms with Gasteiger partial charge in [-0.3, -0.25) is 0 Å². The van der Waals surface area contributed by atoms with Crippen molar-refractivity contribution >= 4 is 11.5 Å².